The molecule has 0 aromatic carbocycles. The summed E-state index contributed by atoms with van der Waals surface area (Å²) in [7, 11) is 0. The van der Waals surface area contributed by atoms with Gasteiger partial charge < -0.3 is 15.2 Å². The molecule has 0 fully saturated rings. The Morgan fingerprint density at radius 1 is 1.64 bits per heavy atom. The molecule has 0 rings (SSSR count). The van der Waals surface area contributed by atoms with Crippen LogP contribution in [0, 0.1) is 0 Å². The molecule has 0 aromatic heterocycles. The van der Waals surface area contributed by atoms with Gasteiger partial charge in [-0.1, -0.05) is 0 Å². The highest BCUT2D eigenvalue weighted by atomic mass is 16.5. The van der Waals surface area contributed by atoms with Gasteiger partial charge in [0.05, 0.1) is 19.3 Å². The molecular formula is C7H15NO3. The molecule has 0 unspecified atom stereocenters. The van der Waals surface area contributed by atoms with E-state index in [-0.39, 0.29) is 12.6 Å². The van der Waals surface area contributed by atoms with E-state index in [2.05, 4.69) is 5.32 Å². The normalized spacial score (nSPS) is 10.5. The predicted molar refractivity (Wildman–Crippen MR) is 41.6 cm³/mol. The van der Waals surface area contributed by atoms with Crippen molar-refractivity contribution >= 4 is 5.97 Å². The molecule has 0 aliphatic rings. The van der Waals surface area contributed by atoms with E-state index in [0.717, 1.165) is 0 Å². The molecule has 0 atom stereocenters. The largest absolute Gasteiger partial charge is 0.480 e. The number of rotatable bonds is 6. The molecule has 0 aliphatic heterocycles. The maximum absolute atomic E-state index is 9.99. The predicted octanol–water partition coefficient (Wildman–Crippen LogP) is 0.0856. The number of carboxylic acid groups (broad SMARTS) is 1. The van der Waals surface area contributed by atoms with Gasteiger partial charge in [-0.25, -0.2) is 0 Å². The zero-order valence-electron chi connectivity index (χ0n) is 6.96. The second-order valence-corrected chi connectivity index (χ2v) is 2.49. The Balaban J connectivity index is 2.97. The zero-order valence-corrected chi connectivity index (χ0v) is 6.96. The van der Waals surface area contributed by atoms with Crippen LogP contribution in [0.15, 0.2) is 0 Å². The number of carboxylic acids is 1. The molecule has 0 spiro atoms. The average Bonchev–Trinajstić information content (AvgIpc) is 1.85. The molecule has 0 amide bonds. The standard InChI is InChI=1S/C7H15NO3/c1-6(2)11-4-3-8-5-7(9)10/h6,8H,3-5H2,1-2H3,(H,9,10). The van der Waals surface area contributed by atoms with Crippen molar-refractivity contribution in [3.8, 4) is 0 Å². The minimum Gasteiger partial charge on any atom is -0.480 e. The van der Waals surface area contributed by atoms with Crippen LogP contribution < -0.4 is 5.32 Å². The highest BCUT2D eigenvalue weighted by molar-refractivity contribution is 5.68. The van der Waals surface area contributed by atoms with Crippen LogP contribution in [0.3, 0.4) is 0 Å². The topological polar surface area (TPSA) is 58.6 Å². The molecule has 11 heavy (non-hydrogen) atoms. The van der Waals surface area contributed by atoms with Crippen LogP contribution in [-0.2, 0) is 9.53 Å². The summed E-state index contributed by atoms with van der Waals surface area (Å²) in [6, 6.07) is 0. The Kier molecular flexibility index (Phi) is 5.78. The van der Waals surface area contributed by atoms with Crippen LogP contribution in [0.1, 0.15) is 13.8 Å². The van der Waals surface area contributed by atoms with Gasteiger partial charge >= 0.3 is 5.97 Å². The number of aliphatic carboxylic acids is 1. The van der Waals surface area contributed by atoms with Gasteiger partial charge in [0.1, 0.15) is 0 Å². The summed E-state index contributed by atoms with van der Waals surface area (Å²) in [6.07, 6.45) is 0.210. The lowest BCUT2D eigenvalue weighted by atomic mass is 10.5. The average molecular weight is 161 g/mol. The van der Waals surface area contributed by atoms with Gasteiger partial charge in [-0.05, 0) is 13.8 Å². The molecule has 0 saturated heterocycles. The fourth-order valence-electron chi connectivity index (χ4n) is 0.562. The van der Waals surface area contributed by atoms with Crippen molar-refractivity contribution in [1.29, 1.82) is 0 Å². The number of nitrogens with one attached hydrogen (secondary N) is 1. The number of carbonyl (C=O) groups is 1. The highest BCUT2D eigenvalue weighted by Gasteiger charge is 1.95. The lowest BCUT2D eigenvalue weighted by molar-refractivity contribution is -0.136. The van der Waals surface area contributed by atoms with Crippen molar-refractivity contribution in [2.75, 3.05) is 19.7 Å². The van der Waals surface area contributed by atoms with E-state index in [4.69, 9.17) is 9.84 Å². The van der Waals surface area contributed by atoms with Gasteiger partial charge in [0, 0.05) is 6.54 Å². The summed E-state index contributed by atoms with van der Waals surface area (Å²) in [5.74, 6) is -0.838. The summed E-state index contributed by atoms with van der Waals surface area (Å²) < 4.78 is 5.17. The first-order valence-corrected chi connectivity index (χ1v) is 3.67. The Bertz CT molecular complexity index is 114. The Hall–Kier alpha value is -0.610. The number of hydrogen-bond donors (Lipinski definition) is 2. The minimum absolute atomic E-state index is 0.00144. The maximum Gasteiger partial charge on any atom is 0.317 e. The smallest absolute Gasteiger partial charge is 0.317 e. The first-order chi connectivity index (χ1) is 5.13. The number of hydrogen-bond acceptors (Lipinski definition) is 3. The Morgan fingerprint density at radius 2 is 2.27 bits per heavy atom. The molecule has 0 saturated carbocycles. The molecule has 0 aliphatic carbocycles. The summed E-state index contributed by atoms with van der Waals surface area (Å²) in [5, 5.41) is 10.9. The molecule has 4 nitrogen and oxygen atoms in total. The minimum atomic E-state index is -0.838. The molecular weight excluding hydrogens is 146 g/mol. The van der Waals surface area contributed by atoms with E-state index in [1.165, 1.54) is 0 Å². The zero-order chi connectivity index (χ0) is 8.69. The van der Waals surface area contributed by atoms with Gasteiger partial charge in [-0.15, -0.1) is 0 Å². The van der Waals surface area contributed by atoms with Crippen molar-refractivity contribution in [2.45, 2.75) is 20.0 Å². The Labute approximate surface area is 66.5 Å². The van der Waals surface area contributed by atoms with Gasteiger partial charge in [0.25, 0.3) is 0 Å². The SMILES string of the molecule is CC(C)OCCNCC(=O)O. The second kappa shape index (κ2) is 6.12. The van der Waals surface area contributed by atoms with Gasteiger partial charge in [-0.2, -0.15) is 0 Å². The van der Waals surface area contributed by atoms with Gasteiger partial charge in [0.2, 0.25) is 0 Å². The lowest BCUT2D eigenvalue weighted by Crippen LogP contribution is -2.26. The van der Waals surface area contributed by atoms with E-state index in [1.807, 2.05) is 13.8 Å². The lowest BCUT2D eigenvalue weighted by Gasteiger charge is -2.06. The fourth-order valence-corrected chi connectivity index (χ4v) is 0.562. The van der Waals surface area contributed by atoms with Gasteiger partial charge in [0.15, 0.2) is 0 Å². The van der Waals surface area contributed by atoms with Crippen LogP contribution in [0.2, 0.25) is 0 Å². The van der Waals surface area contributed by atoms with Gasteiger partial charge in [-0.3, -0.25) is 4.79 Å². The molecule has 2 N–H and O–H groups in total. The Morgan fingerprint density at radius 3 is 2.73 bits per heavy atom. The number of ether oxygens (including phenoxy) is 1. The van der Waals surface area contributed by atoms with E-state index in [1.54, 1.807) is 0 Å². The van der Waals surface area contributed by atoms with Crippen molar-refractivity contribution in [3.63, 3.8) is 0 Å². The maximum atomic E-state index is 9.99. The van der Waals surface area contributed by atoms with E-state index < -0.39 is 5.97 Å². The van der Waals surface area contributed by atoms with Crippen molar-refractivity contribution in [3.05, 3.63) is 0 Å². The highest BCUT2D eigenvalue weighted by Crippen LogP contribution is 1.84. The van der Waals surface area contributed by atoms with Crippen molar-refractivity contribution in [2.24, 2.45) is 0 Å². The quantitative estimate of drug-likeness (QED) is 0.542. The third-order valence-corrected chi connectivity index (χ3v) is 1.01. The van der Waals surface area contributed by atoms with Crippen LogP contribution in [0.4, 0.5) is 0 Å². The third kappa shape index (κ3) is 9.39. The fraction of sp³-hybridized carbons (Fsp3) is 0.857. The van der Waals surface area contributed by atoms with E-state index in [9.17, 15) is 4.79 Å². The van der Waals surface area contributed by atoms with Crippen LogP contribution in [0.5, 0.6) is 0 Å². The van der Waals surface area contributed by atoms with Crippen LogP contribution in [0.25, 0.3) is 0 Å². The molecule has 66 valence electrons. The third-order valence-electron chi connectivity index (χ3n) is 1.01. The van der Waals surface area contributed by atoms with E-state index >= 15 is 0 Å². The molecule has 0 radical (unpaired) electrons. The molecule has 0 aromatic rings. The summed E-state index contributed by atoms with van der Waals surface area (Å²) in [6.45, 7) is 5.03. The van der Waals surface area contributed by atoms with Crippen LogP contribution in [-0.4, -0.2) is 36.9 Å². The first kappa shape index (κ1) is 10.4. The van der Waals surface area contributed by atoms with E-state index in [0.29, 0.717) is 13.2 Å². The second-order valence-electron chi connectivity index (χ2n) is 2.49. The van der Waals surface area contributed by atoms with Crippen molar-refractivity contribution in [1.82, 2.24) is 5.32 Å². The van der Waals surface area contributed by atoms with Crippen LogP contribution >= 0.6 is 0 Å². The monoisotopic (exact) mass is 161 g/mol. The molecule has 4 heteroatoms. The first-order valence-electron chi connectivity index (χ1n) is 3.67. The van der Waals surface area contributed by atoms with Crippen molar-refractivity contribution < 1.29 is 14.6 Å². The molecule has 0 heterocycles. The summed E-state index contributed by atoms with van der Waals surface area (Å²) >= 11 is 0. The summed E-state index contributed by atoms with van der Waals surface area (Å²) in [5.41, 5.74) is 0. The summed E-state index contributed by atoms with van der Waals surface area (Å²) in [4.78, 5) is 9.99. The molecule has 0 bridgehead atoms.